The van der Waals surface area contributed by atoms with Crippen LogP contribution in [0.5, 0.6) is 0 Å². The molecule has 5 rings (SSSR count). The standard InChI is InChI=1S/C24H19N3O/c28-24-20-11-5-7-13-22(20)26-23(27(24)18-8-2-1-3-9-18)15-14-17-16-25-21-12-6-4-10-19(17)21/h1-13,16,25H,14-15H2. The number of aromatic nitrogens is 3. The fourth-order valence-electron chi connectivity index (χ4n) is 3.77. The first-order valence-corrected chi connectivity index (χ1v) is 9.42. The Bertz CT molecular complexity index is 1330. The van der Waals surface area contributed by atoms with Crippen molar-refractivity contribution in [1.29, 1.82) is 0 Å². The predicted octanol–water partition coefficient (Wildman–Crippen LogP) is 4.65. The Morgan fingerprint density at radius 1 is 0.786 bits per heavy atom. The van der Waals surface area contributed by atoms with Gasteiger partial charge in [-0.1, -0.05) is 48.5 Å². The Labute approximate surface area is 162 Å². The largest absolute Gasteiger partial charge is 0.361 e. The van der Waals surface area contributed by atoms with Crippen molar-refractivity contribution in [2.24, 2.45) is 0 Å². The van der Waals surface area contributed by atoms with Crippen molar-refractivity contribution in [3.8, 4) is 5.69 Å². The second kappa shape index (κ2) is 6.82. The first-order chi connectivity index (χ1) is 13.8. The number of H-pyrrole nitrogens is 1. The molecule has 0 amide bonds. The van der Waals surface area contributed by atoms with Gasteiger partial charge in [-0.2, -0.15) is 0 Å². The smallest absolute Gasteiger partial charge is 0.265 e. The second-order valence-corrected chi connectivity index (χ2v) is 6.88. The van der Waals surface area contributed by atoms with Crippen LogP contribution in [-0.4, -0.2) is 14.5 Å². The quantitative estimate of drug-likeness (QED) is 0.504. The Morgan fingerprint density at radius 3 is 2.36 bits per heavy atom. The van der Waals surface area contributed by atoms with Gasteiger partial charge in [-0.15, -0.1) is 0 Å². The van der Waals surface area contributed by atoms with Gasteiger partial charge >= 0.3 is 0 Å². The van der Waals surface area contributed by atoms with Gasteiger partial charge in [-0.05, 0) is 42.3 Å². The third kappa shape index (κ3) is 2.79. The highest BCUT2D eigenvalue weighted by Crippen LogP contribution is 2.20. The lowest BCUT2D eigenvalue weighted by Gasteiger charge is -2.13. The van der Waals surface area contributed by atoms with Crippen LogP contribution in [0.25, 0.3) is 27.5 Å². The molecule has 3 aromatic carbocycles. The summed E-state index contributed by atoms with van der Waals surface area (Å²) in [6.07, 6.45) is 3.54. The van der Waals surface area contributed by atoms with E-state index in [4.69, 9.17) is 4.98 Å². The van der Waals surface area contributed by atoms with Crippen molar-refractivity contribution in [3.05, 3.63) is 107 Å². The summed E-state index contributed by atoms with van der Waals surface area (Å²) in [7, 11) is 0. The molecule has 0 saturated heterocycles. The van der Waals surface area contributed by atoms with Gasteiger partial charge in [0.1, 0.15) is 5.82 Å². The maximum atomic E-state index is 13.2. The van der Waals surface area contributed by atoms with Crippen LogP contribution in [-0.2, 0) is 12.8 Å². The van der Waals surface area contributed by atoms with Crippen LogP contribution in [0.3, 0.4) is 0 Å². The zero-order valence-corrected chi connectivity index (χ0v) is 15.3. The Morgan fingerprint density at radius 2 is 1.50 bits per heavy atom. The molecule has 0 radical (unpaired) electrons. The number of aromatic amines is 1. The maximum Gasteiger partial charge on any atom is 0.265 e. The summed E-state index contributed by atoms with van der Waals surface area (Å²) in [5, 5.41) is 1.86. The van der Waals surface area contributed by atoms with Gasteiger partial charge < -0.3 is 4.98 Å². The molecule has 0 unspecified atom stereocenters. The molecular formula is C24H19N3O. The van der Waals surface area contributed by atoms with Crippen LogP contribution in [0.15, 0.2) is 89.9 Å². The second-order valence-electron chi connectivity index (χ2n) is 6.88. The minimum Gasteiger partial charge on any atom is -0.361 e. The van der Waals surface area contributed by atoms with Crippen molar-refractivity contribution in [2.45, 2.75) is 12.8 Å². The molecule has 5 aromatic rings. The lowest BCUT2D eigenvalue weighted by Crippen LogP contribution is -2.24. The highest BCUT2D eigenvalue weighted by molar-refractivity contribution is 5.83. The maximum absolute atomic E-state index is 13.2. The molecular weight excluding hydrogens is 346 g/mol. The molecule has 0 aliphatic rings. The summed E-state index contributed by atoms with van der Waals surface area (Å²) in [4.78, 5) is 21.4. The van der Waals surface area contributed by atoms with E-state index in [0.29, 0.717) is 11.8 Å². The van der Waals surface area contributed by atoms with E-state index >= 15 is 0 Å². The molecule has 0 atom stereocenters. The molecule has 1 N–H and O–H groups in total. The minimum atomic E-state index is -0.0225. The molecule has 0 saturated carbocycles. The van der Waals surface area contributed by atoms with Crippen LogP contribution >= 0.6 is 0 Å². The zero-order chi connectivity index (χ0) is 18.9. The van der Waals surface area contributed by atoms with E-state index in [9.17, 15) is 4.79 Å². The predicted molar refractivity (Wildman–Crippen MR) is 113 cm³/mol. The summed E-state index contributed by atoms with van der Waals surface area (Å²) in [5.41, 5.74) is 3.93. The fraction of sp³-hybridized carbons (Fsp3) is 0.0833. The van der Waals surface area contributed by atoms with E-state index in [-0.39, 0.29) is 5.56 Å². The number of para-hydroxylation sites is 3. The third-order valence-corrected chi connectivity index (χ3v) is 5.15. The lowest BCUT2D eigenvalue weighted by atomic mass is 10.1. The van der Waals surface area contributed by atoms with Crippen LogP contribution in [0.2, 0.25) is 0 Å². The van der Waals surface area contributed by atoms with Gasteiger partial charge in [0.05, 0.1) is 16.6 Å². The van der Waals surface area contributed by atoms with E-state index in [1.54, 1.807) is 4.57 Å². The number of hydrogen-bond donors (Lipinski definition) is 1. The normalized spacial score (nSPS) is 11.3. The van der Waals surface area contributed by atoms with Gasteiger partial charge in [0, 0.05) is 23.5 Å². The number of nitrogens with one attached hydrogen (secondary N) is 1. The third-order valence-electron chi connectivity index (χ3n) is 5.15. The number of hydrogen-bond acceptors (Lipinski definition) is 2. The van der Waals surface area contributed by atoms with Gasteiger partial charge in [-0.25, -0.2) is 4.98 Å². The summed E-state index contributed by atoms with van der Waals surface area (Å²) >= 11 is 0. The lowest BCUT2D eigenvalue weighted by molar-refractivity contribution is 0.791. The molecule has 2 aromatic heterocycles. The van der Waals surface area contributed by atoms with E-state index in [1.165, 1.54) is 10.9 Å². The van der Waals surface area contributed by atoms with E-state index in [2.05, 4.69) is 23.3 Å². The molecule has 0 spiro atoms. The monoisotopic (exact) mass is 365 g/mol. The van der Waals surface area contributed by atoms with Gasteiger partial charge in [0.15, 0.2) is 0 Å². The van der Waals surface area contributed by atoms with E-state index < -0.39 is 0 Å². The van der Waals surface area contributed by atoms with Crippen LogP contribution in [0.4, 0.5) is 0 Å². The fourth-order valence-corrected chi connectivity index (χ4v) is 3.77. The Kier molecular flexibility index (Phi) is 4.02. The van der Waals surface area contributed by atoms with Crippen LogP contribution < -0.4 is 5.56 Å². The van der Waals surface area contributed by atoms with E-state index in [1.807, 2.05) is 66.7 Å². The molecule has 28 heavy (non-hydrogen) atoms. The van der Waals surface area contributed by atoms with Crippen LogP contribution in [0, 0.1) is 0 Å². The van der Waals surface area contributed by atoms with Crippen LogP contribution in [0.1, 0.15) is 11.4 Å². The van der Waals surface area contributed by atoms with Gasteiger partial charge in [-0.3, -0.25) is 9.36 Å². The highest BCUT2D eigenvalue weighted by Gasteiger charge is 2.13. The molecule has 136 valence electrons. The first-order valence-electron chi connectivity index (χ1n) is 9.42. The summed E-state index contributed by atoms with van der Waals surface area (Å²) in [5.74, 6) is 0.778. The SMILES string of the molecule is O=c1c2ccccc2nc(CCc2c[nH]c3ccccc23)n1-c1ccccc1. The molecule has 2 heterocycles. The van der Waals surface area contributed by atoms with Crippen molar-refractivity contribution in [1.82, 2.24) is 14.5 Å². The average molecular weight is 365 g/mol. The number of nitrogens with zero attached hydrogens (tertiary/aromatic N) is 2. The molecule has 0 aliphatic heterocycles. The topological polar surface area (TPSA) is 50.7 Å². The van der Waals surface area contributed by atoms with Gasteiger partial charge in [0.25, 0.3) is 5.56 Å². The molecule has 4 nitrogen and oxygen atoms in total. The Hall–Kier alpha value is -3.66. The zero-order valence-electron chi connectivity index (χ0n) is 15.3. The van der Waals surface area contributed by atoms with Crippen molar-refractivity contribution in [2.75, 3.05) is 0 Å². The number of benzene rings is 3. The van der Waals surface area contributed by atoms with Crippen molar-refractivity contribution in [3.63, 3.8) is 0 Å². The molecule has 0 aliphatic carbocycles. The average Bonchev–Trinajstić information content (AvgIpc) is 3.16. The van der Waals surface area contributed by atoms with Crippen molar-refractivity contribution < 1.29 is 0 Å². The summed E-state index contributed by atoms with van der Waals surface area (Å²) in [6, 6.07) is 25.6. The number of rotatable bonds is 4. The van der Waals surface area contributed by atoms with E-state index in [0.717, 1.165) is 29.0 Å². The van der Waals surface area contributed by atoms with Crippen molar-refractivity contribution >= 4 is 21.8 Å². The minimum absolute atomic E-state index is 0.0225. The molecule has 0 fully saturated rings. The number of fused-ring (bicyclic) bond motifs is 2. The molecule has 0 bridgehead atoms. The number of aryl methyl sites for hydroxylation is 2. The highest BCUT2D eigenvalue weighted by atomic mass is 16.1. The first kappa shape index (κ1) is 16.5. The summed E-state index contributed by atoms with van der Waals surface area (Å²) in [6.45, 7) is 0. The van der Waals surface area contributed by atoms with Gasteiger partial charge in [0.2, 0.25) is 0 Å². The summed E-state index contributed by atoms with van der Waals surface area (Å²) < 4.78 is 1.75. The molecule has 4 heteroatoms. The Balaban J connectivity index is 1.62.